The summed E-state index contributed by atoms with van der Waals surface area (Å²) < 4.78 is 8.15. The first-order valence-electron chi connectivity index (χ1n) is 7.93. The van der Waals surface area contributed by atoms with Gasteiger partial charge in [0.25, 0.3) is 0 Å². The van der Waals surface area contributed by atoms with Gasteiger partial charge in [-0.15, -0.1) is 0 Å². The van der Waals surface area contributed by atoms with Crippen molar-refractivity contribution in [3.8, 4) is 0 Å². The minimum absolute atomic E-state index is 0.344. The van der Waals surface area contributed by atoms with Gasteiger partial charge in [-0.3, -0.25) is 0 Å². The largest absolute Gasteiger partial charge is 0.378 e. The SMILES string of the molecule is c1cnc2c(c1)nc(CC1CCCO1)n2CC1CCCS1. The van der Waals surface area contributed by atoms with Crippen molar-refractivity contribution in [2.45, 2.75) is 50.0 Å². The lowest BCUT2D eigenvalue weighted by Gasteiger charge is -2.15. The van der Waals surface area contributed by atoms with E-state index in [9.17, 15) is 0 Å². The van der Waals surface area contributed by atoms with Gasteiger partial charge in [-0.1, -0.05) is 0 Å². The van der Waals surface area contributed by atoms with E-state index < -0.39 is 0 Å². The molecule has 2 aromatic heterocycles. The van der Waals surface area contributed by atoms with Crippen LogP contribution in [0.25, 0.3) is 11.2 Å². The fourth-order valence-electron chi connectivity index (χ4n) is 3.35. The van der Waals surface area contributed by atoms with Crippen LogP contribution in [0.4, 0.5) is 0 Å². The van der Waals surface area contributed by atoms with Crippen molar-refractivity contribution in [1.29, 1.82) is 0 Å². The molecule has 0 radical (unpaired) electrons. The molecule has 5 heteroatoms. The molecule has 2 aliphatic heterocycles. The Morgan fingerprint density at radius 3 is 3.14 bits per heavy atom. The van der Waals surface area contributed by atoms with Gasteiger partial charge in [0, 0.05) is 31.0 Å². The van der Waals surface area contributed by atoms with E-state index in [0.717, 1.165) is 43.0 Å². The quantitative estimate of drug-likeness (QED) is 0.870. The summed E-state index contributed by atoms with van der Waals surface area (Å²) >= 11 is 2.09. The van der Waals surface area contributed by atoms with Gasteiger partial charge >= 0.3 is 0 Å². The molecular weight excluding hydrogens is 282 g/mol. The third kappa shape index (κ3) is 2.81. The molecule has 112 valence electrons. The first kappa shape index (κ1) is 13.6. The number of fused-ring (bicyclic) bond motifs is 1. The highest BCUT2D eigenvalue weighted by Crippen LogP contribution is 2.29. The topological polar surface area (TPSA) is 39.9 Å². The van der Waals surface area contributed by atoms with Gasteiger partial charge in [0.2, 0.25) is 0 Å². The molecule has 0 saturated carbocycles. The van der Waals surface area contributed by atoms with Crippen LogP contribution >= 0.6 is 11.8 Å². The molecule has 0 spiro atoms. The van der Waals surface area contributed by atoms with Gasteiger partial charge in [0.05, 0.1) is 6.10 Å². The summed E-state index contributed by atoms with van der Waals surface area (Å²) in [4.78, 5) is 9.40. The van der Waals surface area contributed by atoms with Gasteiger partial charge in [-0.05, 0) is 43.6 Å². The van der Waals surface area contributed by atoms with E-state index in [0.29, 0.717) is 11.4 Å². The first-order chi connectivity index (χ1) is 10.4. The van der Waals surface area contributed by atoms with Crippen LogP contribution in [0.15, 0.2) is 18.3 Å². The number of pyridine rings is 1. The minimum atomic E-state index is 0.344. The highest BCUT2D eigenvalue weighted by molar-refractivity contribution is 8.00. The molecule has 0 N–H and O–H groups in total. The predicted molar refractivity (Wildman–Crippen MR) is 85.7 cm³/mol. The second-order valence-electron chi connectivity index (χ2n) is 5.96. The minimum Gasteiger partial charge on any atom is -0.378 e. The molecule has 0 aliphatic carbocycles. The average molecular weight is 303 g/mol. The van der Waals surface area contributed by atoms with Crippen LogP contribution in [0.1, 0.15) is 31.5 Å². The number of hydrogen-bond acceptors (Lipinski definition) is 4. The highest BCUT2D eigenvalue weighted by Gasteiger charge is 2.23. The lowest BCUT2D eigenvalue weighted by molar-refractivity contribution is 0.109. The van der Waals surface area contributed by atoms with E-state index in [1.807, 2.05) is 12.3 Å². The van der Waals surface area contributed by atoms with Crippen LogP contribution < -0.4 is 0 Å². The number of rotatable bonds is 4. The van der Waals surface area contributed by atoms with E-state index in [1.54, 1.807) is 0 Å². The summed E-state index contributed by atoms with van der Waals surface area (Å²) in [6, 6.07) is 4.04. The maximum absolute atomic E-state index is 5.80. The highest BCUT2D eigenvalue weighted by atomic mass is 32.2. The van der Waals surface area contributed by atoms with Crippen LogP contribution in [-0.4, -0.2) is 38.2 Å². The Morgan fingerprint density at radius 2 is 2.33 bits per heavy atom. The second-order valence-corrected chi connectivity index (χ2v) is 7.37. The molecule has 2 fully saturated rings. The van der Waals surface area contributed by atoms with Crippen molar-refractivity contribution in [3.63, 3.8) is 0 Å². The fraction of sp³-hybridized carbons (Fsp3) is 0.625. The van der Waals surface area contributed by atoms with Gasteiger partial charge in [-0.2, -0.15) is 11.8 Å². The molecule has 4 heterocycles. The fourth-order valence-corrected chi connectivity index (χ4v) is 4.61. The standard InChI is InChI=1S/C16H21N3OS/c1-6-14-16(17-7-1)19(11-13-5-3-9-21-13)15(18-14)10-12-4-2-8-20-12/h1,6-7,12-13H,2-5,8-11H2. The molecule has 2 aromatic rings. The van der Waals surface area contributed by atoms with Crippen molar-refractivity contribution in [3.05, 3.63) is 24.2 Å². The van der Waals surface area contributed by atoms with Gasteiger partial charge in [0.15, 0.2) is 5.65 Å². The van der Waals surface area contributed by atoms with Crippen LogP contribution in [0.5, 0.6) is 0 Å². The van der Waals surface area contributed by atoms with Crippen LogP contribution in [0.2, 0.25) is 0 Å². The third-order valence-corrected chi connectivity index (χ3v) is 5.81. The van der Waals surface area contributed by atoms with Gasteiger partial charge in [-0.25, -0.2) is 9.97 Å². The number of thioether (sulfide) groups is 1. The Hall–Kier alpha value is -1.07. The van der Waals surface area contributed by atoms with E-state index in [2.05, 4.69) is 27.4 Å². The van der Waals surface area contributed by atoms with Crippen molar-refractivity contribution in [1.82, 2.24) is 14.5 Å². The number of ether oxygens (including phenoxy) is 1. The van der Waals surface area contributed by atoms with Crippen molar-refractivity contribution < 1.29 is 4.74 Å². The summed E-state index contributed by atoms with van der Waals surface area (Å²) in [7, 11) is 0. The zero-order valence-corrected chi connectivity index (χ0v) is 13.0. The molecule has 2 unspecified atom stereocenters. The Kier molecular flexibility index (Phi) is 3.86. The molecule has 21 heavy (non-hydrogen) atoms. The number of nitrogens with zero attached hydrogens (tertiary/aromatic N) is 3. The molecule has 2 aliphatic rings. The average Bonchev–Trinajstić information content (AvgIpc) is 3.23. The lowest BCUT2D eigenvalue weighted by Crippen LogP contribution is -2.18. The monoisotopic (exact) mass is 303 g/mol. The number of hydrogen-bond donors (Lipinski definition) is 0. The van der Waals surface area contributed by atoms with Crippen molar-refractivity contribution >= 4 is 22.9 Å². The normalized spacial score (nSPS) is 25.9. The number of aromatic nitrogens is 3. The van der Waals surface area contributed by atoms with Gasteiger partial charge < -0.3 is 9.30 Å². The summed E-state index contributed by atoms with van der Waals surface area (Å²) in [6.07, 6.45) is 8.15. The Balaban J connectivity index is 1.65. The smallest absolute Gasteiger partial charge is 0.160 e. The molecule has 0 bridgehead atoms. The summed E-state index contributed by atoms with van der Waals surface area (Å²) in [6.45, 7) is 1.95. The zero-order chi connectivity index (χ0) is 14.1. The third-order valence-electron chi connectivity index (χ3n) is 4.43. The Morgan fingerprint density at radius 1 is 1.33 bits per heavy atom. The van der Waals surface area contributed by atoms with Crippen LogP contribution in [0, 0.1) is 0 Å². The summed E-state index contributed by atoms with van der Waals surface area (Å²) in [5.41, 5.74) is 2.06. The Labute approximate surface area is 129 Å². The van der Waals surface area contributed by atoms with E-state index >= 15 is 0 Å². The maximum Gasteiger partial charge on any atom is 0.160 e. The molecular formula is C16H21N3OS. The number of imidazole rings is 1. The maximum atomic E-state index is 5.80. The second kappa shape index (κ2) is 5.97. The Bertz CT molecular complexity index is 615. The van der Waals surface area contributed by atoms with Crippen LogP contribution in [0.3, 0.4) is 0 Å². The first-order valence-corrected chi connectivity index (χ1v) is 8.98. The summed E-state index contributed by atoms with van der Waals surface area (Å²) in [5.74, 6) is 2.45. The predicted octanol–water partition coefficient (Wildman–Crippen LogP) is 3.05. The zero-order valence-electron chi connectivity index (χ0n) is 12.2. The molecule has 4 nitrogen and oxygen atoms in total. The van der Waals surface area contributed by atoms with E-state index in [1.165, 1.54) is 25.0 Å². The van der Waals surface area contributed by atoms with Crippen molar-refractivity contribution in [2.75, 3.05) is 12.4 Å². The van der Waals surface area contributed by atoms with E-state index in [4.69, 9.17) is 9.72 Å². The molecule has 0 aromatic carbocycles. The van der Waals surface area contributed by atoms with Crippen molar-refractivity contribution in [2.24, 2.45) is 0 Å². The molecule has 4 rings (SSSR count). The van der Waals surface area contributed by atoms with E-state index in [-0.39, 0.29) is 0 Å². The lowest BCUT2D eigenvalue weighted by atomic mass is 10.2. The molecule has 2 atom stereocenters. The molecule has 0 amide bonds. The van der Waals surface area contributed by atoms with Gasteiger partial charge in [0.1, 0.15) is 11.3 Å². The van der Waals surface area contributed by atoms with Crippen LogP contribution in [-0.2, 0) is 17.7 Å². The molecule has 2 saturated heterocycles. The summed E-state index contributed by atoms with van der Waals surface area (Å²) in [5, 5.41) is 0.715.